The summed E-state index contributed by atoms with van der Waals surface area (Å²) >= 11 is 0. The van der Waals surface area contributed by atoms with Crippen LogP contribution in [0.1, 0.15) is 32.6 Å². The molecule has 1 heterocycles. The number of carbonyl (C=O) groups excluding carboxylic acids is 1. The number of nitriles is 1. The largest absolute Gasteiger partial charge is 0.342 e. The smallest absolute Gasteiger partial charge is 0.236 e. The van der Waals surface area contributed by atoms with E-state index in [4.69, 9.17) is 5.26 Å². The first-order valence-corrected chi connectivity index (χ1v) is 7.72. The monoisotopic (exact) mass is 278 g/mol. The zero-order valence-electron chi connectivity index (χ0n) is 12.6. The Bertz CT molecular complexity index is 371. The van der Waals surface area contributed by atoms with Crippen LogP contribution in [0.15, 0.2) is 0 Å². The van der Waals surface area contributed by atoms with E-state index < -0.39 is 0 Å². The molecule has 1 atom stereocenters. The van der Waals surface area contributed by atoms with Gasteiger partial charge >= 0.3 is 0 Å². The Hall–Kier alpha value is -1.12. The van der Waals surface area contributed by atoms with E-state index in [-0.39, 0.29) is 11.9 Å². The normalized spacial score (nSPS) is 31.6. The predicted octanol–water partition coefficient (Wildman–Crippen LogP) is 0.821. The minimum atomic E-state index is -0.174. The third-order valence-electron chi connectivity index (χ3n) is 4.77. The quantitative estimate of drug-likeness (QED) is 0.830. The second kappa shape index (κ2) is 7.05. The number of rotatable bonds is 3. The molecule has 1 N–H and O–H groups in total. The molecule has 2 fully saturated rings. The molecule has 5 heteroatoms. The summed E-state index contributed by atoms with van der Waals surface area (Å²) in [4.78, 5) is 16.3. The van der Waals surface area contributed by atoms with Crippen LogP contribution in [0.3, 0.4) is 0 Å². The third kappa shape index (κ3) is 3.71. The molecule has 2 rings (SSSR count). The molecule has 0 bridgehead atoms. The van der Waals surface area contributed by atoms with Crippen LogP contribution >= 0.6 is 0 Å². The first-order valence-electron chi connectivity index (χ1n) is 7.72. The maximum Gasteiger partial charge on any atom is 0.236 e. The van der Waals surface area contributed by atoms with Crippen molar-refractivity contribution in [3.05, 3.63) is 0 Å². The lowest BCUT2D eigenvalue weighted by Crippen LogP contribution is -2.54. The Morgan fingerprint density at radius 2 is 2.10 bits per heavy atom. The Morgan fingerprint density at radius 1 is 1.40 bits per heavy atom. The maximum atomic E-state index is 12.4. The molecular formula is C15H26N4O. The fraction of sp³-hybridized carbons (Fsp3) is 0.867. The topological polar surface area (TPSA) is 59.4 Å². The van der Waals surface area contributed by atoms with E-state index in [9.17, 15) is 4.79 Å². The molecule has 5 nitrogen and oxygen atoms in total. The molecule has 0 aromatic heterocycles. The van der Waals surface area contributed by atoms with Gasteiger partial charge in [0.1, 0.15) is 6.04 Å². The van der Waals surface area contributed by atoms with Crippen LogP contribution in [0, 0.1) is 17.2 Å². The van der Waals surface area contributed by atoms with E-state index in [1.807, 2.05) is 16.8 Å². The van der Waals surface area contributed by atoms with Crippen molar-refractivity contribution < 1.29 is 4.79 Å². The van der Waals surface area contributed by atoms with Crippen molar-refractivity contribution in [3.8, 4) is 6.07 Å². The molecular weight excluding hydrogens is 252 g/mol. The molecule has 1 amide bonds. The van der Waals surface area contributed by atoms with Crippen LogP contribution in [-0.4, -0.2) is 61.0 Å². The molecule has 20 heavy (non-hydrogen) atoms. The molecule has 0 spiro atoms. The lowest BCUT2D eigenvalue weighted by molar-refractivity contribution is -0.134. The van der Waals surface area contributed by atoms with Crippen molar-refractivity contribution in [3.63, 3.8) is 0 Å². The second-order valence-electron chi connectivity index (χ2n) is 6.24. The van der Waals surface area contributed by atoms with Gasteiger partial charge in [0.05, 0.1) is 12.6 Å². The molecule has 2 aliphatic rings. The summed E-state index contributed by atoms with van der Waals surface area (Å²) < 4.78 is 0. The molecule has 1 unspecified atom stereocenters. The van der Waals surface area contributed by atoms with E-state index >= 15 is 0 Å². The number of likely N-dealkylation sites (N-methyl/N-ethyl adjacent to an activating group) is 1. The number of nitrogens with zero attached hydrogens (tertiary/aromatic N) is 3. The van der Waals surface area contributed by atoms with Crippen molar-refractivity contribution in [2.75, 3.05) is 33.2 Å². The van der Waals surface area contributed by atoms with Gasteiger partial charge in [-0.05, 0) is 31.6 Å². The standard InChI is InChI=1S/C15H26N4O/c1-12-3-5-13(6-4-12)18(2)15(20)11-19-8-7-17-10-14(19)9-16/h12-14,17H,3-8,10-11H2,1-2H3. The Labute approximate surface area is 121 Å². The van der Waals surface area contributed by atoms with Gasteiger partial charge in [-0.25, -0.2) is 0 Å². The molecule has 1 saturated carbocycles. The second-order valence-corrected chi connectivity index (χ2v) is 6.24. The fourth-order valence-corrected chi connectivity index (χ4v) is 3.18. The van der Waals surface area contributed by atoms with Gasteiger partial charge in [-0.1, -0.05) is 6.92 Å². The molecule has 0 aromatic rings. The van der Waals surface area contributed by atoms with Crippen LogP contribution in [-0.2, 0) is 4.79 Å². The number of hydrogen-bond donors (Lipinski definition) is 1. The summed E-state index contributed by atoms with van der Waals surface area (Å²) in [5.41, 5.74) is 0. The average Bonchev–Trinajstić information content (AvgIpc) is 2.48. The van der Waals surface area contributed by atoms with Gasteiger partial charge in [0.2, 0.25) is 5.91 Å². The van der Waals surface area contributed by atoms with Crippen molar-refractivity contribution in [2.45, 2.75) is 44.7 Å². The average molecular weight is 278 g/mol. The van der Waals surface area contributed by atoms with E-state index in [1.165, 1.54) is 12.8 Å². The van der Waals surface area contributed by atoms with Gasteiger partial charge in [0, 0.05) is 32.7 Å². The van der Waals surface area contributed by atoms with Crippen LogP contribution in [0.25, 0.3) is 0 Å². The SMILES string of the molecule is CC1CCC(N(C)C(=O)CN2CCNCC2C#N)CC1. The van der Waals surface area contributed by atoms with E-state index in [2.05, 4.69) is 18.3 Å². The number of nitrogens with one attached hydrogen (secondary N) is 1. The summed E-state index contributed by atoms with van der Waals surface area (Å²) in [5, 5.41) is 12.3. The highest BCUT2D eigenvalue weighted by atomic mass is 16.2. The lowest BCUT2D eigenvalue weighted by Gasteiger charge is -2.36. The van der Waals surface area contributed by atoms with Gasteiger partial charge in [0.15, 0.2) is 0 Å². The highest BCUT2D eigenvalue weighted by Crippen LogP contribution is 2.26. The summed E-state index contributed by atoms with van der Waals surface area (Å²) in [6.07, 6.45) is 4.67. The summed E-state index contributed by atoms with van der Waals surface area (Å²) in [6.45, 7) is 4.96. The molecule has 0 radical (unpaired) electrons. The van der Waals surface area contributed by atoms with Gasteiger partial charge < -0.3 is 10.2 Å². The van der Waals surface area contributed by atoms with Crippen molar-refractivity contribution in [1.29, 1.82) is 5.26 Å². The highest BCUT2D eigenvalue weighted by molar-refractivity contribution is 5.78. The number of hydrogen-bond acceptors (Lipinski definition) is 4. The fourth-order valence-electron chi connectivity index (χ4n) is 3.18. The molecule has 0 aromatic carbocycles. The lowest BCUT2D eigenvalue weighted by atomic mass is 9.87. The van der Waals surface area contributed by atoms with E-state index in [0.717, 1.165) is 31.8 Å². The van der Waals surface area contributed by atoms with Gasteiger partial charge in [-0.3, -0.25) is 9.69 Å². The number of piperazine rings is 1. The first kappa shape index (κ1) is 15.3. The Balaban J connectivity index is 1.85. The maximum absolute atomic E-state index is 12.4. The number of amides is 1. The van der Waals surface area contributed by atoms with Gasteiger partial charge in [-0.2, -0.15) is 5.26 Å². The first-order chi connectivity index (χ1) is 9.61. The summed E-state index contributed by atoms with van der Waals surface area (Å²) in [7, 11) is 1.92. The third-order valence-corrected chi connectivity index (χ3v) is 4.77. The van der Waals surface area contributed by atoms with Crippen LogP contribution < -0.4 is 5.32 Å². The molecule has 1 saturated heterocycles. The zero-order valence-corrected chi connectivity index (χ0v) is 12.6. The molecule has 1 aliphatic carbocycles. The van der Waals surface area contributed by atoms with E-state index in [0.29, 0.717) is 19.1 Å². The minimum absolute atomic E-state index is 0.159. The van der Waals surface area contributed by atoms with Gasteiger partial charge in [-0.15, -0.1) is 0 Å². The predicted molar refractivity (Wildman–Crippen MR) is 78.0 cm³/mol. The van der Waals surface area contributed by atoms with Crippen LogP contribution in [0.2, 0.25) is 0 Å². The zero-order chi connectivity index (χ0) is 14.5. The molecule has 1 aliphatic heterocycles. The van der Waals surface area contributed by atoms with Crippen molar-refractivity contribution in [2.24, 2.45) is 5.92 Å². The van der Waals surface area contributed by atoms with Gasteiger partial charge in [0.25, 0.3) is 0 Å². The van der Waals surface area contributed by atoms with Crippen LogP contribution in [0.5, 0.6) is 0 Å². The van der Waals surface area contributed by atoms with Crippen LogP contribution in [0.4, 0.5) is 0 Å². The van der Waals surface area contributed by atoms with Crippen molar-refractivity contribution in [1.82, 2.24) is 15.1 Å². The Kier molecular flexibility index (Phi) is 5.38. The number of carbonyl (C=O) groups is 1. The summed E-state index contributed by atoms with van der Waals surface area (Å²) in [6, 6.07) is 2.49. The minimum Gasteiger partial charge on any atom is -0.342 e. The van der Waals surface area contributed by atoms with E-state index in [1.54, 1.807) is 0 Å². The molecule has 112 valence electrons. The summed E-state index contributed by atoms with van der Waals surface area (Å²) in [5.74, 6) is 0.956. The van der Waals surface area contributed by atoms with Crippen molar-refractivity contribution >= 4 is 5.91 Å². The highest BCUT2D eigenvalue weighted by Gasteiger charge is 2.28. The Morgan fingerprint density at radius 3 is 2.75 bits per heavy atom.